The van der Waals surface area contributed by atoms with Gasteiger partial charge in [-0.3, -0.25) is 14.9 Å². The van der Waals surface area contributed by atoms with E-state index in [9.17, 15) is 9.59 Å². The highest BCUT2D eigenvalue weighted by Crippen LogP contribution is 2.25. The van der Waals surface area contributed by atoms with Gasteiger partial charge in [0, 0.05) is 18.7 Å². The number of carbonyl (C=O) groups is 1. The number of aromatic amines is 1. The number of H-pyrrole nitrogens is 1. The first-order chi connectivity index (χ1) is 15.1. The Balaban J connectivity index is 1.32. The fourth-order valence-electron chi connectivity index (χ4n) is 3.54. The molecule has 3 heterocycles. The Morgan fingerprint density at radius 1 is 1.06 bits per heavy atom. The zero-order valence-corrected chi connectivity index (χ0v) is 17.2. The van der Waals surface area contributed by atoms with Crippen molar-refractivity contribution in [2.75, 3.05) is 13.1 Å². The molecule has 5 rings (SSSR count). The van der Waals surface area contributed by atoms with Crippen LogP contribution in [0.1, 0.15) is 22.1 Å². The second kappa shape index (κ2) is 7.77. The zero-order chi connectivity index (χ0) is 21.4. The summed E-state index contributed by atoms with van der Waals surface area (Å²) in [5, 5.41) is 7.88. The molecule has 0 radical (unpaired) electrons. The van der Waals surface area contributed by atoms with E-state index in [0.29, 0.717) is 40.6 Å². The number of fused-ring (bicyclic) bond motifs is 1. The molecule has 1 saturated heterocycles. The van der Waals surface area contributed by atoms with E-state index in [-0.39, 0.29) is 17.4 Å². The Morgan fingerprint density at radius 2 is 1.74 bits per heavy atom. The van der Waals surface area contributed by atoms with Crippen molar-refractivity contribution >= 4 is 34.3 Å². The Bertz CT molecular complexity index is 1330. The molecule has 0 saturated carbocycles. The number of nitrogens with zero attached hydrogens (tertiary/aromatic N) is 4. The average molecular weight is 430 g/mol. The summed E-state index contributed by atoms with van der Waals surface area (Å²) in [6.07, 6.45) is 1.53. The Labute approximate surface area is 182 Å². The predicted octanol–water partition coefficient (Wildman–Crippen LogP) is 2.22. The molecule has 2 aromatic carbocycles. The lowest BCUT2D eigenvalue weighted by Crippen LogP contribution is -2.54. The molecule has 8 nitrogen and oxygen atoms in total. The third-order valence-electron chi connectivity index (χ3n) is 5.27. The number of hydrogen-bond acceptors (Lipinski definition) is 5. The van der Waals surface area contributed by atoms with Gasteiger partial charge < -0.3 is 9.88 Å². The number of hydrogen-bond donors (Lipinski definition) is 2. The summed E-state index contributed by atoms with van der Waals surface area (Å²) in [6, 6.07) is 18.5. The number of benzene rings is 2. The Morgan fingerprint density at radius 3 is 2.45 bits per heavy atom. The van der Waals surface area contributed by atoms with Crippen LogP contribution in [-0.2, 0) is 0 Å². The quantitative estimate of drug-likeness (QED) is 0.484. The van der Waals surface area contributed by atoms with Crippen LogP contribution >= 0.6 is 12.2 Å². The summed E-state index contributed by atoms with van der Waals surface area (Å²) >= 11 is 5.37. The molecular formula is C22H18N6O2S. The summed E-state index contributed by atoms with van der Waals surface area (Å²) in [4.78, 5) is 34.3. The van der Waals surface area contributed by atoms with Crippen LogP contribution in [0.4, 0.5) is 0 Å². The molecular weight excluding hydrogens is 412 g/mol. The van der Waals surface area contributed by atoms with E-state index in [2.05, 4.69) is 20.4 Å². The maximum absolute atomic E-state index is 12.6. The van der Waals surface area contributed by atoms with Gasteiger partial charge in [0.1, 0.15) is 11.2 Å². The van der Waals surface area contributed by atoms with Crippen molar-refractivity contribution in [1.82, 2.24) is 30.0 Å². The lowest BCUT2D eigenvalue weighted by Gasteiger charge is -2.40. The molecule has 4 aromatic rings. The number of amides is 1. The van der Waals surface area contributed by atoms with Crippen molar-refractivity contribution in [1.29, 1.82) is 0 Å². The molecule has 2 N–H and O–H groups in total. The molecule has 0 atom stereocenters. The van der Waals surface area contributed by atoms with Crippen molar-refractivity contribution in [3.05, 3.63) is 88.6 Å². The van der Waals surface area contributed by atoms with Gasteiger partial charge in [0.2, 0.25) is 0 Å². The maximum atomic E-state index is 12.6. The second-order valence-electron chi connectivity index (χ2n) is 7.31. The van der Waals surface area contributed by atoms with Crippen LogP contribution in [0.25, 0.3) is 16.7 Å². The highest BCUT2D eigenvalue weighted by molar-refractivity contribution is 7.80. The van der Waals surface area contributed by atoms with Crippen LogP contribution in [0.3, 0.4) is 0 Å². The van der Waals surface area contributed by atoms with Gasteiger partial charge in [-0.1, -0.05) is 36.4 Å². The minimum Gasteiger partial charge on any atom is -0.347 e. The molecule has 154 valence electrons. The molecule has 1 amide bonds. The standard InChI is InChI=1S/C22H18N6O2S/c29-20(14-7-3-1-4-8-14)26-22(31)27-12-15(13-27)18-24-19-17(21(30)25-18)11-23-28(19)16-9-5-2-6-10-16/h1-11,15H,12-13H2,(H,24,25,30)(H,26,29,31). The van der Waals surface area contributed by atoms with Gasteiger partial charge >= 0.3 is 0 Å². The summed E-state index contributed by atoms with van der Waals surface area (Å²) < 4.78 is 1.66. The predicted molar refractivity (Wildman–Crippen MR) is 120 cm³/mol. The van der Waals surface area contributed by atoms with Crippen LogP contribution in [0.15, 0.2) is 71.7 Å². The summed E-state index contributed by atoms with van der Waals surface area (Å²) in [5.41, 5.74) is 1.68. The fraction of sp³-hybridized carbons (Fsp3) is 0.136. The first-order valence-electron chi connectivity index (χ1n) is 9.79. The van der Waals surface area contributed by atoms with Gasteiger partial charge in [0.25, 0.3) is 11.5 Å². The number of likely N-dealkylation sites (tertiary alicyclic amines) is 1. The maximum Gasteiger partial charge on any atom is 0.262 e. The summed E-state index contributed by atoms with van der Waals surface area (Å²) in [6.45, 7) is 1.11. The zero-order valence-electron chi connectivity index (χ0n) is 16.4. The van der Waals surface area contributed by atoms with Crippen molar-refractivity contribution in [2.45, 2.75) is 5.92 Å². The molecule has 0 spiro atoms. The third-order valence-corrected chi connectivity index (χ3v) is 5.63. The van der Waals surface area contributed by atoms with Crippen molar-refractivity contribution in [3.63, 3.8) is 0 Å². The molecule has 0 unspecified atom stereocenters. The van der Waals surface area contributed by atoms with E-state index in [1.165, 1.54) is 6.20 Å². The second-order valence-corrected chi connectivity index (χ2v) is 7.69. The van der Waals surface area contributed by atoms with Gasteiger partial charge in [0.15, 0.2) is 10.8 Å². The summed E-state index contributed by atoms with van der Waals surface area (Å²) in [7, 11) is 0. The van der Waals surface area contributed by atoms with Gasteiger partial charge in [-0.05, 0) is 36.5 Å². The molecule has 2 aromatic heterocycles. The van der Waals surface area contributed by atoms with Crippen LogP contribution in [-0.4, -0.2) is 48.8 Å². The smallest absolute Gasteiger partial charge is 0.262 e. The van der Waals surface area contributed by atoms with Gasteiger partial charge in [0.05, 0.1) is 17.8 Å². The lowest BCUT2D eigenvalue weighted by atomic mass is 10.00. The molecule has 31 heavy (non-hydrogen) atoms. The number of nitrogens with one attached hydrogen (secondary N) is 2. The number of carbonyl (C=O) groups excluding carboxylic acids is 1. The number of aromatic nitrogens is 4. The van der Waals surface area contributed by atoms with Gasteiger partial charge in [-0.15, -0.1) is 0 Å². The monoisotopic (exact) mass is 430 g/mol. The van der Waals surface area contributed by atoms with E-state index in [1.807, 2.05) is 41.3 Å². The largest absolute Gasteiger partial charge is 0.347 e. The average Bonchev–Trinajstić information content (AvgIpc) is 3.18. The van der Waals surface area contributed by atoms with Gasteiger partial charge in [-0.25, -0.2) is 9.67 Å². The van der Waals surface area contributed by atoms with Gasteiger partial charge in [-0.2, -0.15) is 5.10 Å². The lowest BCUT2D eigenvalue weighted by molar-refractivity contribution is 0.0969. The highest BCUT2D eigenvalue weighted by Gasteiger charge is 2.33. The van der Waals surface area contributed by atoms with E-state index in [0.717, 1.165) is 5.69 Å². The van der Waals surface area contributed by atoms with Crippen molar-refractivity contribution in [2.24, 2.45) is 0 Å². The third kappa shape index (κ3) is 3.59. The Hall–Kier alpha value is -3.85. The normalized spacial score (nSPS) is 13.7. The molecule has 0 aliphatic carbocycles. The first kappa shape index (κ1) is 19.1. The van der Waals surface area contributed by atoms with Crippen molar-refractivity contribution in [3.8, 4) is 5.69 Å². The fourth-order valence-corrected chi connectivity index (χ4v) is 3.78. The molecule has 1 fully saturated rings. The number of thiocarbonyl (C=S) groups is 1. The molecule has 1 aliphatic rings. The van der Waals surface area contributed by atoms with Crippen LogP contribution in [0.5, 0.6) is 0 Å². The topological polar surface area (TPSA) is 95.9 Å². The number of para-hydroxylation sites is 1. The summed E-state index contributed by atoms with van der Waals surface area (Å²) in [5.74, 6) is 0.347. The number of rotatable bonds is 3. The molecule has 1 aliphatic heterocycles. The van der Waals surface area contributed by atoms with E-state index >= 15 is 0 Å². The van der Waals surface area contributed by atoms with E-state index in [1.54, 1.807) is 28.9 Å². The first-order valence-corrected chi connectivity index (χ1v) is 10.2. The van der Waals surface area contributed by atoms with E-state index < -0.39 is 0 Å². The minimum atomic E-state index is -0.242. The minimum absolute atomic E-state index is 0.00259. The van der Waals surface area contributed by atoms with Crippen LogP contribution in [0.2, 0.25) is 0 Å². The van der Waals surface area contributed by atoms with Crippen LogP contribution < -0.4 is 10.9 Å². The molecule has 0 bridgehead atoms. The highest BCUT2D eigenvalue weighted by atomic mass is 32.1. The van der Waals surface area contributed by atoms with E-state index in [4.69, 9.17) is 12.2 Å². The van der Waals surface area contributed by atoms with Crippen LogP contribution in [0, 0.1) is 0 Å². The molecule has 9 heteroatoms. The Kier molecular flexibility index (Phi) is 4.79. The van der Waals surface area contributed by atoms with Crippen molar-refractivity contribution < 1.29 is 4.79 Å². The SMILES string of the molecule is O=C(NC(=S)N1CC(c2nc3c(cnn3-c3ccccc3)c(=O)[nH]2)C1)c1ccccc1.